The first-order chi connectivity index (χ1) is 18.1. The number of benzene rings is 5. The number of para-hydroxylation sites is 3. The Morgan fingerprint density at radius 3 is 1.73 bits per heavy atom. The van der Waals surface area contributed by atoms with Gasteiger partial charge >= 0.3 is 0 Å². The van der Waals surface area contributed by atoms with Crippen LogP contribution in [0, 0.1) is 0 Å². The topological polar surface area (TPSA) is 27.3 Å². The number of anilines is 5. The molecule has 0 saturated carbocycles. The van der Waals surface area contributed by atoms with Crippen LogP contribution in [0.1, 0.15) is 36.1 Å². The normalized spacial score (nSPS) is 16.6. The van der Waals surface area contributed by atoms with Crippen molar-refractivity contribution in [3.8, 4) is 11.1 Å². The smallest absolute Gasteiger partial charge is 0.165 e. The largest absolute Gasteiger partial charge is 0.353 e. The van der Waals surface area contributed by atoms with E-state index in [0.29, 0.717) is 0 Å². The summed E-state index contributed by atoms with van der Waals surface area (Å²) in [5.41, 5.74) is 13.1. The standard InChI is InChI=1S/C34H27N3/c1-33(2)25-15-7-6-14-23(25)24-20-29-30(21-28(24)33)36-34(35-29)26-16-8-10-18-31(26)37(22-12-4-3-5-13-22)32-19-11-9-17-27(32)34/h3-21,35-36H,1-2H3. The highest BCUT2D eigenvalue weighted by Gasteiger charge is 2.48. The number of fused-ring (bicyclic) bond motifs is 8. The van der Waals surface area contributed by atoms with Gasteiger partial charge in [0.2, 0.25) is 0 Å². The molecule has 0 amide bonds. The second-order valence-electron chi connectivity index (χ2n) is 10.8. The minimum Gasteiger partial charge on any atom is -0.353 e. The van der Waals surface area contributed by atoms with Crippen molar-refractivity contribution in [3.63, 3.8) is 0 Å². The average molecular weight is 478 g/mol. The van der Waals surface area contributed by atoms with Crippen molar-refractivity contribution < 1.29 is 0 Å². The Hall–Kier alpha value is -4.50. The van der Waals surface area contributed by atoms with Crippen LogP contribution in [-0.4, -0.2) is 0 Å². The van der Waals surface area contributed by atoms with Crippen molar-refractivity contribution in [2.45, 2.75) is 24.9 Å². The third-order valence-corrected chi connectivity index (χ3v) is 8.48. The fourth-order valence-electron chi connectivity index (χ4n) is 6.76. The van der Waals surface area contributed by atoms with Crippen LogP contribution in [0.15, 0.2) is 115 Å². The lowest BCUT2D eigenvalue weighted by Crippen LogP contribution is -2.44. The Labute approximate surface area is 217 Å². The van der Waals surface area contributed by atoms with Gasteiger partial charge in [-0.1, -0.05) is 92.7 Å². The molecule has 0 unspecified atom stereocenters. The number of hydrogen-bond acceptors (Lipinski definition) is 3. The van der Waals surface area contributed by atoms with Gasteiger partial charge in [0.15, 0.2) is 5.66 Å². The first-order valence-corrected chi connectivity index (χ1v) is 13.0. The van der Waals surface area contributed by atoms with Gasteiger partial charge in [-0.3, -0.25) is 0 Å². The molecular formula is C34H27N3. The minimum atomic E-state index is -0.556. The molecule has 8 rings (SSSR count). The van der Waals surface area contributed by atoms with E-state index in [1.807, 2.05) is 0 Å². The molecule has 2 heterocycles. The summed E-state index contributed by atoms with van der Waals surface area (Å²) >= 11 is 0. The number of nitrogens with zero attached hydrogens (tertiary/aromatic N) is 1. The lowest BCUT2D eigenvalue weighted by Gasteiger charge is -2.44. The van der Waals surface area contributed by atoms with Gasteiger partial charge in [0.05, 0.1) is 22.7 Å². The van der Waals surface area contributed by atoms with E-state index >= 15 is 0 Å². The molecular weight excluding hydrogens is 450 g/mol. The van der Waals surface area contributed by atoms with Gasteiger partial charge in [-0.15, -0.1) is 0 Å². The van der Waals surface area contributed by atoms with Crippen LogP contribution in [0.25, 0.3) is 11.1 Å². The van der Waals surface area contributed by atoms with Gasteiger partial charge in [0.25, 0.3) is 0 Å². The van der Waals surface area contributed by atoms with Crippen molar-refractivity contribution in [2.75, 3.05) is 15.5 Å². The SMILES string of the molecule is CC1(C)c2ccccc2-c2cc3c(cc21)NC1(N3)c2ccccc2N(c2ccccc2)c2ccccc21. The molecule has 3 nitrogen and oxygen atoms in total. The molecule has 2 N–H and O–H groups in total. The molecule has 3 heteroatoms. The van der Waals surface area contributed by atoms with E-state index in [4.69, 9.17) is 0 Å². The monoisotopic (exact) mass is 477 g/mol. The molecule has 1 spiro atoms. The van der Waals surface area contributed by atoms with E-state index < -0.39 is 5.66 Å². The number of rotatable bonds is 1. The van der Waals surface area contributed by atoms with Crippen LogP contribution in [0.5, 0.6) is 0 Å². The first-order valence-electron chi connectivity index (χ1n) is 13.0. The van der Waals surface area contributed by atoms with E-state index in [2.05, 4.69) is 145 Å². The molecule has 3 aliphatic rings. The molecule has 0 fully saturated rings. The molecule has 0 radical (unpaired) electrons. The van der Waals surface area contributed by atoms with Crippen LogP contribution in [0.2, 0.25) is 0 Å². The summed E-state index contributed by atoms with van der Waals surface area (Å²) < 4.78 is 0. The van der Waals surface area contributed by atoms with E-state index in [-0.39, 0.29) is 5.41 Å². The van der Waals surface area contributed by atoms with Crippen molar-refractivity contribution in [1.82, 2.24) is 0 Å². The number of hydrogen-bond donors (Lipinski definition) is 2. The fourth-order valence-corrected chi connectivity index (χ4v) is 6.76. The molecule has 37 heavy (non-hydrogen) atoms. The maximum Gasteiger partial charge on any atom is 0.165 e. The zero-order valence-electron chi connectivity index (χ0n) is 20.9. The third-order valence-electron chi connectivity index (χ3n) is 8.48. The van der Waals surface area contributed by atoms with Gasteiger partial charge in [0, 0.05) is 22.2 Å². The summed E-state index contributed by atoms with van der Waals surface area (Å²) in [4.78, 5) is 2.38. The maximum atomic E-state index is 3.99. The van der Waals surface area contributed by atoms with Gasteiger partial charge in [-0.2, -0.15) is 0 Å². The summed E-state index contributed by atoms with van der Waals surface area (Å²) in [6, 6.07) is 41.7. The number of nitrogens with one attached hydrogen (secondary N) is 2. The van der Waals surface area contributed by atoms with Crippen LogP contribution in [-0.2, 0) is 11.1 Å². The summed E-state index contributed by atoms with van der Waals surface area (Å²) in [7, 11) is 0. The molecule has 5 aromatic rings. The highest BCUT2D eigenvalue weighted by atomic mass is 15.3. The average Bonchev–Trinajstić information content (AvgIpc) is 3.42. The van der Waals surface area contributed by atoms with Crippen molar-refractivity contribution in [1.29, 1.82) is 0 Å². The Morgan fingerprint density at radius 2 is 1.05 bits per heavy atom. The zero-order valence-corrected chi connectivity index (χ0v) is 20.9. The molecule has 0 bridgehead atoms. The summed E-state index contributed by atoms with van der Waals surface area (Å²) in [6.45, 7) is 4.68. The van der Waals surface area contributed by atoms with E-state index in [1.165, 1.54) is 44.8 Å². The summed E-state index contributed by atoms with van der Waals surface area (Å²) in [6.07, 6.45) is 0. The predicted octanol–water partition coefficient (Wildman–Crippen LogP) is 8.51. The Kier molecular flexibility index (Phi) is 3.93. The van der Waals surface area contributed by atoms with Crippen LogP contribution >= 0.6 is 0 Å². The predicted molar refractivity (Wildman–Crippen MR) is 153 cm³/mol. The second kappa shape index (κ2) is 7.04. The van der Waals surface area contributed by atoms with E-state index in [0.717, 1.165) is 17.1 Å². The molecule has 0 atom stereocenters. The zero-order chi connectivity index (χ0) is 24.8. The third kappa shape index (κ3) is 2.61. The van der Waals surface area contributed by atoms with E-state index in [9.17, 15) is 0 Å². The van der Waals surface area contributed by atoms with Gasteiger partial charge in [0.1, 0.15) is 0 Å². The molecule has 2 aliphatic heterocycles. The second-order valence-corrected chi connectivity index (χ2v) is 10.8. The minimum absolute atomic E-state index is 0.0368. The van der Waals surface area contributed by atoms with Crippen LogP contribution < -0.4 is 15.5 Å². The molecule has 5 aromatic carbocycles. The van der Waals surface area contributed by atoms with Crippen LogP contribution in [0.3, 0.4) is 0 Å². The lowest BCUT2D eigenvalue weighted by atomic mass is 9.82. The van der Waals surface area contributed by atoms with Gasteiger partial charge in [-0.05, 0) is 58.7 Å². The Balaban J connectivity index is 1.35. The summed E-state index contributed by atoms with van der Waals surface area (Å²) in [5.74, 6) is 0. The maximum absolute atomic E-state index is 3.99. The summed E-state index contributed by atoms with van der Waals surface area (Å²) in [5, 5.41) is 7.98. The molecule has 1 aliphatic carbocycles. The Morgan fingerprint density at radius 1 is 0.514 bits per heavy atom. The van der Waals surface area contributed by atoms with Crippen LogP contribution in [0.4, 0.5) is 28.4 Å². The Bertz CT molecular complexity index is 1670. The molecule has 178 valence electrons. The lowest BCUT2D eigenvalue weighted by molar-refractivity contribution is 0.660. The van der Waals surface area contributed by atoms with Crippen molar-refractivity contribution in [3.05, 3.63) is 138 Å². The highest BCUT2D eigenvalue weighted by molar-refractivity contribution is 5.95. The van der Waals surface area contributed by atoms with Gasteiger partial charge in [-0.25, -0.2) is 0 Å². The van der Waals surface area contributed by atoms with Gasteiger partial charge < -0.3 is 15.5 Å². The van der Waals surface area contributed by atoms with E-state index in [1.54, 1.807) is 0 Å². The highest BCUT2D eigenvalue weighted by Crippen LogP contribution is 2.58. The van der Waals surface area contributed by atoms with Crippen molar-refractivity contribution >= 4 is 28.4 Å². The molecule has 0 aromatic heterocycles. The first kappa shape index (κ1) is 20.7. The molecule has 0 saturated heterocycles. The fraction of sp³-hybridized carbons (Fsp3) is 0.118. The van der Waals surface area contributed by atoms with Crippen molar-refractivity contribution in [2.24, 2.45) is 0 Å². The quantitative estimate of drug-likeness (QED) is 0.253.